The molecule has 0 aliphatic carbocycles. The SMILES string of the molecule is CC(=O)c1cc(OCCN(C)C)ccc1Cl. The largest absolute Gasteiger partial charge is 0.492 e. The molecule has 16 heavy (non-hydrogen) atoms. The van der Waals surface area contributed by atoms with E-state index in [-0.39, 0.29) is 5.78 Å². The molecule has 0 heterocycles. The van der Waals surface area contributed by atoms with Gasteiger partial charge in [0.05, 0.1) is 5.02 Å². The van der Waals surface area contributed by atoms with Crippen LogP contribution in [0.2, 0.25) is 5.02 Å². The number of ether oxygens (including phenoxy) is 1. The van der Waals surface area contributed by atoms with Crippen molar-refractivity contribution in [2.24, 2.45) is 0 Å². The van der Waals surface area contributed by atoms with Crippen molar-refractivity contribution in [1.82, 2.24) is 4.90 Å². The normalized spacial score (nSPS) is 10.6. The summed E-state index contributed by atoms with van der Waals surface area (Å²) in [6.45, 7) is 2.91. The van der Waals surface area contributed by atoms with Crippen LogP contribution in [0.15, 0.2) is 18.2 Å². The minimum Gasteiger partial charge on any atom is -0.492 e. The van der Waals surface area contributed by atoms with Crippen LogP contribution in [0.4, 0.5) is 0 Å². The molecule has 0 radical (unpaired) electrons. The number of hydrogen-bond acceptors (Lipinski definition) is 3. The Kier molecular flexibility index (Phi) is 4.77. The van der Waals surface area contributed by atoms with Gasteiger partial charge in [-0.25, -0.2) is 0 Å². The number of hydrogen-bond donors (Lipinski definition) is 0. The molecular weight excluding hydrogens is 226 g/mol. The highest BCUT2D eigenvalue weighted by Crippen LogP contribution is 2.22. The number of carbonyl (C=O) groups is 1. The smallest absolute Gasteiger partial charge is 0.161 e. The predicted octanol–water partition coefficient (Wildman–Crippen LogP) is 2.48. The number of likely N-dealkylation sites (N-methyl/N-ethyl adjacent to an activating group) is 1. The van der Waals surface area contributed by atoms with Crippen LogP contribution in [0.5, 0.6) is 5.75 Å². The summed E-state index contributed by atoms with van der Waals surface area (Å²) in [5.41, 5.74) is 0.504. The molecule has 0 aliphatic rings. The summed E-state index contributed by atoms with van der Waals surface area (Å²) in [4.78, 5) is 13.3. The summed E-state index contributed by atoms with van der Waals surface area (Å²) < 4.78 is 5.51. The molecule has 0 unspecified atom stereocenters. The lowest BCUT2D eigenvalue weighted by molar-refractivity contribution is 0.101. The first kappa shape index (κ1) is 13.0. The van der Waals surface area contributed by atoms with Gasteiger partial charge < -0.3 is 9.64 Å². The second kappa shape index (κ2) is 5.87. The van der Waals surface area contributed by atoms with E-state index >= 15 is 0 Å². The van der Waals surface area contributed by atoms with Crippen molar-refractivity contribution in [3.8, 4) is 5.75 Å². The van der Waals surface area contributed by atoms with E-state index in [0.29, 0.717) is 22.9 Å². The Morgan fingerprint density at radius 1 is 1.44 bits per heavy atom. The minimum atomic E-state index is -0.0527. The fraction of sp³-hybridized carbons (Fsp3) is 0.417. The van der Waals surface area contributed by atoms with Gasteiger partial charge >= 0.3 is 0 Å². The van der Waals surface area contributed by atoms with E-state index in [1.54, 1.807) is 18.2 Å². The molecule has 1 aromatic carbocycles. The summed E-state index contributed by atoms with van der Waals surface area (Å²) in [6, 6.07) is 5.13. The third kappa shape index (κ3) is 3.83. The van der Waals surface area contributed by atoms with Crippen LogP contribution < -0.4 is 4.74 Å². The summed E-state index contributed by atoms with van der Waals surface area (Å²) in [6.07, 6.45) is 0. The highest BCUT2D eigenvalue weighted by atomic mass is 35.5. The molecule has 0 aromatic heterocycles. The van der Waals surface area contributed by atoms with Crippen LogP contribution in [-0.4, -0.2) is 37.9 Å². The fourth-order valence-electron chi connectivity index (χ4n) is 1.21. The first-order chi connectivity index (χ1) is 7.50. The Bertz CT molecular complexity index is 377. The average Bonchev–Trinajstić information content (AvgIpc) is 2.19. The third-order valence-corrected chi connectivity index (χ3v) is 2.45. The van der Waals surface area contributed by atoms with Gasteiger partial charge in [-0.3, -0.25) is 4.79 Å². The number of ketones is 1. The van der Waals surface area contributed by atoms with Gasteiger partial charge in [-0.05, 0) is 39.2 Å². The van der Waals surface area contributed by atoms with Gasteiger partial charge in [0.2, 0.25) is 0 Å². The molecule has 0 saturated heterocycles. The van der Waals surface area contributed by atoms with Crippen molar-refractivity contribution in [1.29, 1.82) is 0 Å². The lowest BCUT2D eigenvalue weighted by atomic mass is 10.1. The number of rotatable bonds is 5. The first-order valence-corrected chi connectivity index (χ1v) is 5.46. The Morgan fingerprint density at radius 2 is 2.12 bits per heavy atom. The van der Waals surface area contributed by atoms with Crippen molar-refractivity contribution in [2.75, 3.05) is 27.2 Å². The standard InChI is InChI=1S/C12H16ClNO2/c1-9(15)11-8-10(4-5-12(11)13)16-7-6-14(2)3/h4-5,8H,6-7H2,1-3H3. The Hall–Kier alpha value is -1.06. The van der Waals surface area contributed by atoms with Crippen LogP contribution in [0.3, 0.4) is 0 Å². The van der Waals surface area contributed by atoms with Gasteiger partial charge in [-0.1, -0.05) is 11.6 Å². The van der Waals surface area contributed by atoms with E-state index in [1.165, 1.54) is 6.92 Å². The van der Waals surface area contributed by atoms with Crippen molar-refractivity contribution in [2.45, 2.75) is 6.92 Å². The zero-order chi connectivity index (χ0) is 12.1. The van der Waals surface area contributed by atoms with Gasteiger partial charge in [-0.15, -0.1) is 0 Å². The molecule has 4 heteroatoms. The molecule has 3 nitrogen and oxygen atoms in total. The summed E-state index contributed by atoms with van der Waals surface area (Å²) >= 11 is 5.89. The molecule has 0 aliphatic heterocycles. The van der Waals surface area contributed by atoms with E-state index in [0.717, 1.165) is 6.54 Å². The summed E-state index contributed by atoms with van der Waals surface area (Å²) in [7, 11) is 3.96. The maximum absolute atomic E-state index is 11.3. The molecule has 1 rings (SSSR count). The number of benzene rings is 1. The number of nitrogens with zero attached hydrogens (tertiary/aromatic N) is 1. The molecule has 0 bridgehead atoms. The Labute approximate surface area is 101 Å². The Balaban J connectivity index is 2.68. The molecular formula is C12H16ClNO2. The molecule has 0 saturated carbocycles. The summed E-state index contributed by atoms with van der Waals surface area (Å²) in [5.74, 6) is 0.625. The maximum atomic E-state index is 11.3. The van der Waals surface area contributed by atoms with Crippen LogP contribution in [0.1, 0.15) is 17.3 Å². The van der Waals surface area contributed by atoms with Gasteiger partial charge in [0.15, 0.2) is 5.78 Å². The van der Waals surface area contributed by atoms with Crippen molar-refractivity contribution in [3.05, 3.63) is 28.8 Å². The molecule has 0 spiro atoms. The van der Waals surface area contributed by atoms with E-state index in [4.69, 9.17) is 16.3 Å². The van der Waals surface area contributed by atoms with Crippen LogP contribution in [0.25, 0.3) is 0 Å². The summed E-state index contributed by atoms with van der Waals surface area (Å²) in [5, 5.41) is 0.465. The quantitative estimate of drug-likeness (QED) is 0.742. The van der Waals surface area contributed by atoms with E-state index in [2.05, 4.69) is 0 Å². The number of carbonyl (C=O) groups excluding carboxylic acids is 1. The second-order valence-electron chi connectivity index (χ2n) is 3.85. The third-order valence-electron chi connectivity index (χ3n) is 2.12. The van der Waals surface area contributed by atoms with E-state index in [1.807, 2.05) is 19.0 Å². The fourth-order valence-corrected chi connectivity index (χ4v) is 1.46. The first-order valence-electron chi connectivity index (χ1n) is 5.08. The van der Waals surface area contributed by atoms with Crippen LogP contribution >= 0.6 is 11.6 Å². The molecule has 0 N–H and O–H groups in total. The van der Waals surface area contributed by atoms with Crippen molar-refractivity contribution >= 4 is 17.4 Å². The molecule has 0 atom stereocenters. The lowest BCUT2D eigenvalue weighted by Gasteiger charge is -2.11. The highest BCUT2D eigenvalue weighted by Gasteiger charge is 2.07. The minimum absolute atomic E-state index is 0.0527. The Morgan fingerprint density at radius 3 is 2.69 bits per heavy atom. The monoisotopic (exact) mass is 241 g/mol. The van der Waals surface area contributed by atoms with Crippen LogP contribution in [-0.2, 0) is 0 Å². The molecule has 0 fully saturated rings. The average molecular weight is 242 g/mol. The second-order valence-corrected chi connectivity index (χ2v) is 4.26. The zero-order valence-corrected chi connectivity index (χ0v) is 10.5. The highest BCUT2D eigenvalue weighted by molar-refractivity contribution is 6.33. The van der Waals surface area contributed by atoms with Crippen molar-refractivity contribution < 1.29 is 9.53 Å². The number of halogens is 1. The number of Topliss-reactive ketones (excluding diaryl/α,β-unsaturated/α-hetero) is 1. The van der Waals surface area contributed by atoms with Gasteiger partial charge in [0, 0.05) is 12.1 Å². The van der Waals surface area contributed by atoms with Gasteiger partial charge in [-0.2, -0.15) is 0 Å². The maximum Gasteiger partial charge on any atom is 0.161 e. The van der Waals surface area contributed by atoms with Crippen molar-refractivity contribution in [3.63, 3.8) is 0 Å². The van der Waals surface area contributed by atoms with Gasteiger partial charge in [0.25, 0.3) is 0 Å². The van der Waals surface area contributed by atoms with Crippen LogP contribution in [0, 0.1) is 0 Å². The molecule has 88 valence electrons. The van der Waals surface area contributed by atoms with Gasteiger partial charge in [0.1, 0.15) is 12.4 Å². The zero-order valence-electron chi connectivity index (χ0n) is 9.79. The van der Waals surface area contributed by atoms with E-state index < -0.39 is 0 Å². The van der Waals surface area contributed by atoms with E-state index in [9.17, 15) is 4.79 Å². The topological polar surface area (TPSA) is 29.5 Å². The predicted molar refractivity (Wildman–Crippen MR) is 65.5 cm³/mol. The molecule has 1 aromatic rings. The molecule has 0 amide bonds. The lowest BCUT2D eigenvalue weighted by Crippen LogP contribution is -2.19.